The zero-order valence-electron chi connectivity index (χ0n) is 14.5. The maximum atomic E-state index is 14.0. The number of amides is 1. The summed E-state index contributed by atoms with van der Waals surface area (Å²) < 4.78 is 30.3. The van der Waals surface area contributed by atoms with E-state index >= 15 is 0 Å². The highest BCUT2D eigenvalue weighted by Crippen LogP contribution is 2.25. The second-order valence-corrected chi connectivity index (χ2v) is 6.59. The van der Waals surface area contributed by atoms with Crippen LogP contribution in [0.4, 0.5) is 8.78 Å². The molecule has 140 valence electrons. The molecule has 27 heavy (non-hydrogen) atoms. The molecule has 0 fully saturated rings. The van der Waals surface area contributed by atoms with Gasteiger partial charge in [-0.05, 0) is 18.6 Å². The van der Waals surface area contributed by atoms with Crippen molar-refractivity contribution < 1.29 is 13.6 Å². The van der Waals surface area contributed by atoms with E-state index in [1.54, 1.807) is 13.2 Å². The first kappa shape index (κ1) is 17.2. The van der Waals surface area contributed by atoms with E-state index in [2.05, 4.69) is 15.4 Å². The first-order valence-corrected chi connectivity index (χ1v) is 8.49. The Labute approximate surface area is 152 Å². The second-order valence-electron chi connectivity index (χ2n) is 6.59. The predicted octanol–water partition coefficient (Wildman–Crippen LogP) is 1.60. The van der Waals surface area contributed by atoms with Crippen LogP contribution in [-0.2, 0) is 20.0 Å². The van der Waals surface area contributed by atoms with Gasteiger partial charge in [-0.2, -0.15) is 0 Å². The third kappa shape index (κ3) is 3.27. The number of aromatic amines is 1. The smallest absolute Gasteiger partial charge is 0.269 e. The average Bonchev–Trinajstić information content (AvgIpc) is 3.16. The number of hydrogen-bond acceptors (Lipinski definition) is 3. The Kier molecular flexibility index (Phi) is 4.14. The summed E-state index contributed by atoms with van der Waals surface area (Å²) in [6.07, 6.45) is 2.99. The predicted molar refractivity (Wildman–Crippen MR) is 93.2 cm³/mol. The lowest BCUT2D eigenvalue weighted by atomic mass is 10.1. The summed E-state index contributed by atoms with van der Waals surface area (Å²) in [5, 5.41) is 5.40. The molecular weight excluding hydrogens is 356 g/mol. The minimum Gasteiger partial charge on any atom is -0.346 e. The van der Waals surface area contributed by atoms with Crippen LogP contribution in [0.5, 0.6) is 0 Å². The standard InChI is InChI=1S/C18H17F2N5O2/c1-24-15(7-17(26)23-24)18(27)21-11-3-5-16-22-14(9-25(16)8-11)12-4-2-10(19)6-13(12)20/h2,4,6-7,9,11H,3,5,8H2,1H3,(H,21,27)(H,23,26). The van der Waals surface area contributed by atoms with Crippen LogP contribution >= 0.6 is 0 Å². The molecule has 0 saturated carbocycles. The number of imidazole rings is 1. The van der Waals surface area contributed by atoms with Crippen molar-refractivity contribution >= 4 is 5.91 Å². The number of aryl methyl sites for hydroxylation is 2. The van der Waals surface area contributed by atoms with Gasteiger partial charge < -0.3 is 9.88 Å². The molecule has 2 N–H and O–H groups in total. The fourth-order valence-corrected chi connectivity index (χ4v) is 3.34. The van der Waals surface area contributed by atoms with Gasteiger partial charge >= 0.3 is 0 Å². The Hall–Kier alpha value is -3.23. The number of halogens is 2. The summed E-state index contributed by atoms with van der Waals surface area (Å²) >= 11 is 0. The molecule has 1 amide bonds. The number of benzene rings is 1. The van der Waals surface area contributed by atoms with Crippen LogP contribution in [0, 0.1) is 11.6 Å². The number of rotatable bonds is 3. The summed E-state index contributed by atoms with van der Waals surface area (Å²) in [5.74, 6) is -0.853. The molecule has 4 rings (SSSR count). The molecular formula is C18H17F2N5O2. The Balaban J connectivity index is 1.52. The molecule has 0 radical (unpaired) electrons. The molecule has 1 aliphatic heterocycles. The van der Waals surface area contributed by atoms with E-state index in [4.69, 9.17) is 0 Å². The third-order valence-corrected chi connectivity index (χ3v) is 4.67. The molecule has 0 spiro atoms. The van der Waals surface area contributed by atoms with E-state index in [0.29, 0.717) is 25.1 Å². The SMILES string of the molecule is Cn1[nH]c(=O)cc1C(=O)NC1CCc2nc(-c3ccc(F)cc3F)cn2C1. The van der Waals surface area contributed by atoms with Crippen LogP contribution in [0.15, 0.2) is 35.3 Å². The molecule has 3 aromatic rings. The van der Waals surface area contributed by atoms with Gasteiger partial charge in [-0.15, -0.1) is 0 Å². The summed E-state index contributed by atoms with van der Waals surface area (Å²) in [4.78, 5) is 28.1. The van der Waals surface area contributed by atoms with Crippen LogP contribution in [0.1, 0.15) is 22.7 Å². The molecule has 0 bridgehead atoms. The summed E-state index contributed by atoms with van der Waals surface area (Å²) in [5.41, 5.74) is 0.586. The molecule has 0 saturated heterocycles. The highest BCUT2D eigenvalue weighted by atomic mass is 19.1. The Morgan fingerprint density at radius 1 is 1.33 bits per heavy atom. The number of aromatic nitrogens is 4. The van der Waals surface area contributed by atoms with E-state index < -0.39 is 11.6 Å². The van der Waals surface area contributed by atoms with Crippen molar-refractivity contribution in [2.24, 2.45) is 7.05 Å². The first-order valence-electron chi connectivity index (χ1n) is 8.49. The Bertz CT molecular complexity index is 1080. The molecule has 2 aromatic heterocycles. The van der Waals surface area contributed by atoms with Crippen molar-refractivity contribution in [3.05, 3.63) is 64.0 Å². The van der Waals surface area contributed by atoms with Crippen molar-refractivity contribution in [2.45, 2.75) is 25.4 Å². The lowest BCUT2D eigenvalue weighted by Crippen LogP contribution is -2.41. The van der Waals surface area contributed by atoms with Crippen LogP contribution in [0.2, 0.25) is 0 Å². The van der Waals surface area contributed by atoms with Gasteiger partial charge in [0, 0.05) is 49.9 Å². The fraction of sp³-hybridized carbons (Fsp3) is 0.278. The number of carbonyl (C=O) groups excluding carboxylic acids is 1. The second kappa shape index (κ2) is 6.49. The van der Waals surface area contributed by atoms with Crippen molar-refractivity contribution in [3.8, 4) is 11.3 Å². The van der Waals surface area contributed by atoms with Crippen LogP contribution < -0.4 is 10.9 Å². The van der Waals surface area contributed by atoms with Crippen LogP contribution in [0.25, 0.3) is 11.3 Å². The fourth-order valence-electron chi connectivity index (χ4n) is 3.34. The van der Waals surface area contributed by atoms with Crippen LogP contribution in [-0.4, -0.2) is 31.3 Å². The number of H-pyrrole nitrogens is 1. The normalized spacial score (nSPS) is 16.2. The summed E-state index contributed by atoms with van der Waals surface area (Å²) in [7, 11) is 1.59. The van der Waals surface area contributed by atoms with Gasteiger partial charge in [-0.3, -0.25) is 19.4 Å². The Morgan fingerprint density at radius 3 is 2.85 bits per heavy atom. The minimum absolute atomic E-state index is 0.143. The largest absolute Gasteiger partial charge is 0.346 e. The van der Waals surface area contributed by atoms with Gasteiger partial charge in [0.15, 0.2) is 0 Å². The lowest BCUT2D eigenvalue weighted by molar-refractivity contribution is 0.0918. The molecule has 0 aliphatic carbocycles. The monoisotopic (exact) mass is 373 g/mol. The van der Waals surface area contributed by atoms with Gasteiger partial charge in [0.05, 0.1) is 5.69 Å². The third-order valence-electron chi connectivity index (χ3n) is 4.67. The van der Waals surface area contributed by atoms with E-state index in [1.165, 1.54) is 22.9 Å². The topological polar surface area (TPSA) is 84.7 Å². The van der Waals surface area contributed by atoms with Crippen molar-refractivity contribution in [3.63, 3.8) is 0 Å². The first-order chi connectivity index (χ1) is 12.9. The average molecular weight is 373 g/mol. The summed E-state index contributed by atoms with van der Waals surface area (Å²) in [6.45, 7) is 0.481. The summed E-state index contributed by atoms with van der Waals surface area (Å²) in [6, 6.07) is 4.50. The highest BCUT2D eigenvalue weighted by molar-refractivity contribution is 5.92. The molecule has 1 aromatic carbocycles. The molecule has 1 aliphatic rings. The van der Waals surface area contributed by atoms with E-state index in [9.17, 15) is 18.4 Å². The van der Waals surface area contributed by atoms with E-state index in [-0.39, 0.29) is 28.8 Å². The minimum atomic E-state index is -0.663. The maximum absolute atomic E-state index is 14.0. The van der Waals surface area contributed by atoms with Gasteiger partial charge in [0.1, 0.15) is 23.2 Å². The van der Waals surface area contributed by atoms with Crippen molar-refractivity contribution in [1.29, 1.82) is 0 Å². The Morgan fingerprint density at radius 2 is 2.15 bits per heavy atom. The molecule has 9 heteroatoms. The number of nitrogens with one attached hydrogen (secondary N) is 2. The molecule has 3 heterocycles. The number of hydrogen-bond donors (Lipinski definition) is 2. The number of carbonyl (C=O) groups is 1. The zero-order valence-corrected chi connectivity index (χ0v) is 14.5. The quantitative estimate of drug-likeness (QED) is 0.731. The van der Waals surface area contributed by atoms with Gasteiger partial charge in [0.2, 0.25) is 0 Å². The van der Waals surface area contributed by atoms with Crippen molar-refractivity contribution in [1.82, 2.24) is 24.6 Å². The van der Waals surface area contributed by atoms with Crippen LogP contribution in [0.3, 0.4) is 0 Å². The van der Waals surface area contributed by atoms with E-state index in [0.717, 1.165) is 11.9 Å². The highest BCUT2D eigenvalue weighted by Gasteiger charge is 2.24. The van der Waals surface area contributed by atoms with Gasteiger partial charge in [0.25, 0.3) is 11.5 Å². The number of nitrogens with zero attached hydrogens (tertiary/aromatic N) is 3. The van der Waals surface area contributed by atoms with Gasteiger partial charge in [-0.1, -0.05) is 0 Å². The zero-order chi connectivity index (χ0) is 19.1. The number of fused-ring (bicyclic) bond motifs is 1. The molecule has 7 nitrogen and oxygen atoms in total. The maximum Gasteiger partial charge on any atom is 0.269 e. The lowest BCUT2D eigenvalue weighted by Gasteiger charge is -2.24. The van der Waals surface area contributed by atoms with E-state index in [1.807, 2.05) is 4.57 Å². The van der Waals surface area contributed by atoms with Crippen molar-refractivity contribution in [2.75, 3.05) is 0 Å². The van der Waals surface area contributed by atoms with Gasteiger partial charge in [-0.25, -0.2) is 13.8 Å². The molecule has 1 atom stereocenters. The molecule has 1 unspecified atom stereocenters.